The fraction of sp³-hybridized carbons (Fsp3) is 0.350. The largest absolute Gasteiger partial charge is 0.426 e. The van der Waals surface area contributed by atoms with Crippen molar-refractivity contribution in [2.75, 3.05) is 0 Å². The molecule has 1 atom stereocenters. The van der Waals surface area contributed by atoms with Crippen LogP contribution < -0.4 is 4.74 Å². The summed E-state index contributed by atoms with van der Waals surface area (Å²) in [4.78, 5) is 12.3. The van der Waals surface area contributed by atoms with Gasteiger partial charge in [-0.05, 0) is 48.9 Å². The maximum absolute atomic E-state index is 12.3. The summed E-state index contributed by atoms with van der Waals surface area (Å²) in [7, 11) is 0. The summed E-state index contributed by atoms with van der Waals surface area (Å²) in [5, 5.41) is 0. The predicted molar refractivity (Wildman–Crippen MR) is 90.2 cm³/mol. The van der Waals surface area contributed by atoms with Crippen LogP contribution >= 0.6 is 0 Å². The summed E-state index contributed by atoms with van der Waals surface area (Å²) < 4.78 is 5.52. The van der Waals surface area contributed by atoms with Gasteiger partial charge in [0, 0.05) is 0 Å². The SMILES string of the molecule is Cc1ccccc1OC(=O)C(C)c1ccc(CC(C)C)cc1. The van der Waals surface area contributed by atoms with E-state index in [1.807, 2.05) is 50.2 Å². The summed E-state index contributed by atoms with van der Waals surface area (Å²) >= 11 is 0. The van der Waals surface area contributed by atoms with Crippen LogP contribution in [0.25, 0.3) is 0 Å². The van der Waals surface area contributed by atoms with Gasteiger partial charge in [-0.3, -0.25) is 4.79 Å². The number of carbonyl (C=O) groups is 1. The number of benzene rings is 2. The highest BCUT2D eigenvalue weighted by molar-refractivity contribution is 5.80. The number of esters is 1. The molecule has 0 saturated carbocycles. The monoisotopic (exact) mass is 296 g/mol. The van der Waals surface area contributed by atoms with Crippen molar-refractivity contribution in [1.82, 2.24) is 0 Å². The molecule has 0 aliphatic heterocycles. The molecule has 0 aliphatic carbocycles. The van der Waals surface area contributed by atoms with Crippen molar-refractivity contribution in [1.29, 1.82) is 0 Å². The molecule has 0 heterocycles. The Morgan fingerprint density at radius 2 is 1.64 bits per heavy atom. The summed E-state index contributed by atoms with van der Waals surface area (Å²) in [6.07, 6.45) is 1.06. The first-order valence-electron chi connectivity index (χ1n) is 7.83. The van der Waals surface area contributed by atoms with Crippen LogP contribution in [0.1, 0.15) is 43.4 Å². The maximum Gasteiger partial charge on any atom is 0.318 e. The first kappa shape index (κ1) is 16.3. The fourth-order valence-corrected chi connectivity index (χ4v) is 2.42. The average Bonchev–Trinajstić information content (AvgIpc) is 2.49. The van der Waals surface area contributed by atoms with E-state index in [1.165, 1.54) is 5.56 Å². The zero-order valence-electron chi connectivity index (χ0n) is 13.8. The van der Waals surface area contributed by atoms with Crippen LogP contribution in [0.5, 0.6) is 5.75 Å². The second-order valence-corrected chi connectivity index (χ2v) is 6.25. The molecule has 1 unspecified atom stereocenters. The average molecular weight is 296 g/mol. The number of hydrogen-bond acceptors (Lipinski definition) is 2. The van der Waals surface area contributed by atoms with Crippen LogP contribution in [0.4, 0.5) is 0 Å². The number of carbonyl (C=O) groups excluding carboxylic acids is 1. The van der Waals surface area contributed by atoms with Crippen molar-refractivity contribution in [3.8, 4) is 5.75 Å². The normalized spacial score (nSPS) is 12.2. The molecule has 2 rings (SSSR count). The number of aryl methyl sites for hydroxylation is 1. The van der Waals surface area contributed by atoms with E-state index in [-0.39, 0.29) is 11.9 Å². The van der Waals surface area contributed by atoms with Crippen LogP contribution in [0.3, 0.4) is 0 Å². The molecular formula is C20H24O2. The Hall–Kier alpha value is -2.09. The van der Waals surface area contributed by atoms with Crippen LogP contribution in [0.2, 0.25) is 0 Å². The summed E-state index contributed by atoms with van der Waals surface area (Å²) in [5.41, 5.74) is 3.26. The van der Waals surface area contributed by atoms with E-state index in [4.69, 9.17) is 4.74 Å². The number of rotatable bonds is 5. The van der Waals surface area contributed by atoms with Gasteiger partial charge in [-0.15, -0.1) is 0 Å². The molecule has 116 valence electrons. The lowest BCUT2D eigenvalue weighted by atomic mass is 9.97. The van der Waals surface area contributed by atoms with Crippen molar-refractivity contribution >= 4 is 5.97 Å². The summed E-state index contributed by atoms with van der Waals surface area (Å²) in [5.74, 6) is 0.781. The number of hydrogen-bond donors (Lipinski definition) is 0. The third-order valence-electron chi connectivity index (χ3n) is 3.78. The molecule has 0 spiro atoms. The first-order valence-corrected chi connectivity index (χ1v) is 7.83. The molecule has 0 N–H and O–H groups in total. The minimum Gasteiger partial charge on any atom is -0.426 e. The molecule has 0 aliphatic rings. The highest BCUT2D eigenvalue weighted by atomic mass is 16.5. The number of ether oxygens (including phenoxy) is 1. The van der Waals surface area contributed by atoms with E-state index < -0.39 is 0 Å². The van der Waals surface area contributed by atoms with Gasteiger partial charge in [0.05, 0.1) is 5.92 Å². The maximum atomic E-state index is 12.3. The molecule has 0 aromatic heterocycles. The highest BCUT2D eigenvalue weighted by Crippen LogP contribution is 2.22. The molecule has 2 aromatic rings. The van der Waals surface area contributed by atoms with Crippen molar-refractivity contribution in [2.24, 2.45) is 5.92 Å². The van der Waals surface area contributed by atoms with Crippen molar-refractivity contribution in [3.05, 3.63) is 65.2 Å². The molecule has 2 heteroatoms. The van der Waals surface area contributed by atoms with E-state index >= 15 is 0 Å². The second kappa shape index (κ2) is 7.26. The van der Waals surface area contributed by atoms with Crippen LogP contribution in [0.15, 0.2) is 48.5 Å². The standard InChI is InChI=1S/C20H24O2/c1-14(2)13-17-9-11-18(12-10-17)16(4)20(21)22-19-8-6-5-7-15(19)3/h5-12,14,16H,13H2,1-4H3. The van der Waals surface area contributed by atoms with E-state index in [9.17, 15) is 4.79 Å². The fourth-order valence-electron chi connectivity index (χ4n) is 2.42. The van der Waals surface area contributed by atoms with Gasteiger partial charge < -0.3 is 4.74 Å². The lowest BCUT2D eigenvalue weighted by Gasteiger charge is -2.14. The zero-order chi connectivity index (χ0) is 16.1. The molecule has 0 bridgehead atoms. The van der Waals surface area contributed by atoms with Crippen molar-refractivity contribution in [2.45, 2.75) is 40.0 Å². The Bertz CT molecular complexity index is 626. The van der Waals surface area contributed by atoms with Gasteiger partial charge >= 0.3 is 5.97 Å². The molecule has 2 nitrogen and oxygen atoms in total. The molecule has 0 radical (unpaired) electrons. The van der Waals surface area contributed by atoms with Gasteiger partial charge in [-0.25, -0.2) is 0 Å². The molecule has 22 heavy (non-hydrogen) atoms. The van der Waals surface area contributed by atoms with E-state index in [0.717, 1.165) is 17.5 Å². The highest BCUT2D eigenvalue weighted by Gasteiger charge is 2.18. The first-order chi connectivity index (χ1) is 10.5. The Morgan fingerprint density at radius 3 is 2.23 bits per heavy atom. The van der Waals surface area contributed by atoms with Crippen molar-refractivity contribution < 1.29 is 9.53 Å². The van der Waals surface area contributed by atoms with Gasteiger partial charge in [0.1, 0.15) is 5.75 Å². The van der Waals surface area contributed by atoms with Gasteiger partial charge in [-0.2, -0.15) is 0 Å². The lowest BCUT2D eigenvalue weighted by Crippen LogP contribution is -2.16. The molecule has 0 fully saturated rings. The van der Waals surface area contributed by atoms with Gasteiger partial charge in [0.2, 0.25) is 0 Å². The quantitative estimate of drug-likeness (QED) is 0.579. The van der Waals surface area contributed by atoms with E-state index in [2.05, 4.69) is 26.0 Å². The Morgan fingerprint density at radius 1 is 1.00 bits per heavy atom. The molecular weight excluding hydrogens is 272 g/mol. The predicted octanol–water partition coefficient (Wildman–Crippen LogP) is 4.90. The van der Waals surface area contributed by atoms with Gasteiger partial charge in [-0.1, -0.05) is 56.3 Å². The lowest BCUT2D eigenvalue weighted by molar-refractivity contribution is -0.135. The van der Waals surface area contributed by atoms with Gasteiger partial charge in [0.15, 0.2) is 0 Å². The minimum absolute atomic E-state index is 0.217. The Labute approximate surface area is 133 Å². The second-order valence-electron chi connectivity index (χ2n) is 6.25. The minimum atomic E-state index is -0.271. The molecule has 0 amide bonds. The molecule has 0 saturated heterocycles. The summed E-state index contributed by atoms with van der Waals surface area (Å²) in [6, 6.07) is 15.8. The smallest absolute Gasteiger partial charge is 0.318 e. The van der Waals surface area contributed by atoms with Gasteiger partial charge in [0.25, 0.3) is 0 Å². The third kappa shape index (κ3) is 4.20. The van der Waals surface area contributed by atoms with Crippen LogP contribution in [0, 0.1) is 12.8 Å². The third-order valence-corrected chi connectivity index (χ3v) is 3.78. The van der Waals surface area contributed by atoms with Crippen LogP contribution in [-0.4, -0.2) is 5.97 Å². The summed E-state index contributed by atoms with van der Waals surface area (Å²) in [6.45, 7) is 8.23. The van der Waals surface area contributed by atoms with E-state index in [0.29, 0.717) is 11.7 Å². The van der Waals surface area contributed by atoms with E-state index in [1.54, 1.807) is 0 Å². The molecule has 2 aromatic carbocycles. The zero-order valence-corrected chi connectivity index (χ0v) is 13.8. The topological polar surface area (TPSA) is 26.3 Å². The Balaban J connectivity index is 2.05. The van der Waals surface area contributed by atoms with Crippen molar-refractivity contribution in [3.63, 3.8) is 0 Å². The Kier molecular flexibility index (Phi) is 5.37. The number of para-hydroxylation sites is 1. The van der Waals surface area contributed by atoms with Crippen LogP contribution in [-0.2, 0) is 11.2 Å².